The molecule has 0 bridgehead atoms. The second-order valence-electron chi connectivity index (χ2n) is 4.66. The maximum absolute atomic E-state index is 12.6. The monoisotopic (exact) mass is 249 g/mol. The summed E-state index contributed by atoms with van der Waals surface area (Å²) in [5, 5.41) is 2.51. The topological polar surface area (TPSA) is 38.3 Å². The van der Waals surface area contributed by atoms with E-state index in [9.17, 15) is 9.18 Å². The molecule has 0 unspecified atom stereocenters. The van der Waals surface area contributed by atoms with E-state index in [4.69, 9.17) is 4.74 Å². The lowest BCUT2D eigenvalue weighted by Gasteiger charge is -2.18. The molecule has 0 aromatic heterocycles. The van der Waals surface area contributed by atoms with Gasteiger partial charge in [0, 0.05) is 5.56 Å². The molecule has 1 aromatic carbocycles. The third-order valence-electron chi connectivity index (χ3n) is 1.80. The number of halogens is 1. The van der Waals surface area contributed by atoms with Crippen molar-refractivity contribution in [3.8, 4) is 11.8 Å². The van der Waals surface area contributed by atoms with Gasteiger partial charge in [-0.2, -0.15) is 0 Å². The average molecular weight is 249 g/mol. The van der Waals surface area contributed by atoms with Gasteiger partial charge in [0.1, 0.15) is 11.4 Å². The molecular formula is C14H16FNO2. The Hall–Kier alpha value is -2.02. The number of hydrogen-bond donors (Lipinski definition) is 1. The molecule has 1 aromatic rings. The van der Waals surface area contributed by atoms with Gasteiger partial charge in [-0.3, -0.25) is 0 Å². The Morgan fingerprint density at radius 1 is 1.33 bits per heavy atom. The van der Waals surface area contributed by atoms with Gasteiger partial charge < -0.3 is 10.1 Å². The van der Waals surface area contributed by atoms with Crippen molar-refractivity contribution >= 4 is 6.09 Å². The van der Waals surface area contributed by atoms with Crippen molar-refractivity contribution in [1.82, 2.24) is 5.32 Å². The predicted octanol–water partition coefficient (Wildman–Crippen LogP) is 2.70. The van der Waals surface area contributed by atoms with Crippen LogP contribution in [0.5, 0.6) is 0 Å². The largest absolute Gasteiger partial charge is 0.444 e. The van der Waals surface area contributed by atoms with E-state index in [1.54, 1.807) is 32.9 Å². The maximum atomic E-state index is 12.6. The van der Waals surface area contributed by atoms with Crippen LogP contribution >= 0.6 is 0 Å². The fourth-order valence-corrected chi connectivity index (χ4v) is 1.11. The molecule has 0 atom stereocenters. The van der Waals surface area contributed by atoms with Crippen LogP contribution in [0, 0.1) is 17.7 Å². The molecule has 0 saturated carbocycles. The van der Waals surface area contributed by atoms with Crippen LogP contribution in [0.15, 0.2) is 24.3 Å². The van der Waals surface area contributed by atoms with Crippen LogP contribution < -0.4 is 5.32 Å². The van der Waals surface area contributed by atoms with E-state index in [1.165, 1.54) is 12.1 Å². The van der Waals surface area contributed by atoms with Gasteiger partial charge in [-0.05, 0) is 45.0 Å². The Morgan fingerprint density at radius 2 is 1.94 bits per heavy atom. The summed E-state index contributed by atoms with van der Waals surface area (Å²) >= 11 is 0. The van der Waals surface area contributed by atoms with E-state index < -0.39 is 11.7 Å². The first-order chi connectivity index (χ1) is 8.37. The Morgan fingerprint density at radius 3 is 2.50 bits per heavy atom. The molecule has 96 valence electrons. The fraction of sp³-hybridized carbons (Fsp3) is 0.357. The molecule has 0 fully saturated rings. The highest BCUT2D eigenvalue weighted by atomic mass is 19.1. The van der Waals surface area contributed by atoms with Crippen LogP contribution in [-0.2, 0) is 4.74 Å². The van der Waals surface area contributed by atoms with Gasteiger partial charge in [0.15, 0.2) is 0 Å². The molecule has 0 aliphatic heterocycles. The molecule has 0 radical (unpaired) electrons. The zero-order valence-electron chi connectivity index (χ0n) is 10.7. The van der Waals surface area contributed by atoms with E-state index in [0.717, 1.165) is 0 Å². The molecule has 3 nitrogen and oxygen atoms in total. The van der Waals surface area contributed by atoms with Crippen LogP contribution in [0.25, 0.3) is 0 Å². The SMILES string of the molecule is CC(C)(C)OC(=O)NCC#Cc1ccc(F)cc1. The number of rotatable bonds is 1. The number of amides is 1. The van der Waals surface area contributed by atoms with Gasteiger partial charge in [0.25, 0.3) is 0 Å². The smallest absolute Gasteiger partial charge is 0.408 e. The molecule has 1 rings (SSSR count). The third kappa shape index (κ3) is 5.90. The second-order valence-corrected chi connectivity index (χ2v) is 4.66. The van der Waals surface area contributed by atoms with Crippen LogP contribution in [-0.4, -0.2) is 18.2 Å². The van der Waals surface area contributed by atoms with Crippen molar-refractivity contribution < 1.29 is 13.9 Å². The number of carbonyl (C=O) groups is 1. The van der Waals surface area contributed by atoms with Gasteiger partial charge in [0.05, 0.1) is 6.54 Å². The summed E-state index contributed by atoms with van der Waals surface area (Å²) in [4.78, 5) is 11.3. The van der Waals surface area contributed by atoms with E-state index in [-0.39, 0.29) is 12.4 Å². The summed E-state index contributed by atoms with van der Waals surface area (Å²) in [6.45, 7) is 5.55. The first-order valence-corrected chi connectivity index (χ1v) is 5.58. The number of alkyl carbamates (subject to hydrolysis) is 1. The molecular weight excluding hydrogens is 233 g/mol. The van der Waals surface area contributed by atoms with Gasteiger partial charge in [0.2, 0.25) is 0 Å². The van der Waals surface area contributed by atoms with Crippen molar-refractivity contribution in [2.75, 3.05) is 6.54 Å². The maximum Gasteiger partial charge on any atom is 0.408 e. The van der Waals surface area contributed by atoms with Crippen LogP contribution in [0.3, 0.4) is 0 Å². The van der Waals surface area contributed by atoms with Gasteiger partial charge >= 0.3 is 6.09 Å². The van der Waals surface area contributed by atoms with Gasteiger partial charge in [-0.1, -0.05) is 11.8 Å². The normalized spacial score (nSPS) is 10.2. The van der Waals surface area contributed by atoms with Crippen LogP contribution in [0.2, 0.25) is 0 Å². The third-order valence-corrected chi connectivity index (χ3v) is 1.80. The van der Waals surface area contributed by atoms with Crippen molar-refractivity contribution in [3.05, 3.63) is 35.6 Å². The molecule has 4 heteroatoms. The first-order valence-electron chi connectivity index (χ1n) is 5.58. The van der Waals surface area contributed by atoms with Crippen LogP contribution in [0.4, 0.5) is 9.18 Å². The average Bonchev–Trinajstić information content (AvgIpc) is 2.24. The van der Waals surface area contributed by atoms with E-state index >= 15 is 0 Å². The van der Waals surface area contributed by atoms with Gasteiger partial charge in [-0.25, -0.2) is 9.18 Å². The van der Waals surface area contributed by atoms with E-state index in [1.807, 2.05) is 0 Å². The number of nitrogens with one attached hydrogen (secondary N) is 1. The summed E-state index contributed by atoms with van der Waals surface area (Å²) < 4.78 is 17.7. The van der Waals surface area contributed by atoms with Crippen molar-refractivity contribution in [3.63, 3.8) is 0 Å². The lowest BCUT2D eigenvalue weighted by molar-refractivity contribution is 0.0535. The lowest BCUT2D eigenvalue weighted by Crippen LogP contribution is -2.32. The highest BCUT2D eigenvalue weighted by molar-refractivity contribution is 5.68. The minimum Gasteiger partial charge on any atom is -0.444 e. The summed E-state index contributed by atoms with van der Waals surface area (Å²) in [6, 6.07) is 5.84. The summed E-state index contributed by atoms with van der Waals surface area (Å²) in [5.41, 5.74) is 0.177. The fourth-order valence-electron chi connectivity index (χ4n) is 1.11. The quantitative estimate of drug-likeness (QED) is 0.777. The number of benzene rings is 1. The summed E-state index contributed by atoms with van der Waals surface area (Å²) in [5.74, 6) is 5.26. The Balaban J connectivity index is 2.38. The standard InChI is InChI=1S/C14H16FNO2/c1-14(2,3)18-13(17)16-10-4-5-11-6-8-12(15)9-7-11/h6-9H,10H2,1-3H3,(H,16,17). The molecule has 1 N–H and O–H groups in total. The van der Waals surface area contributed by atoms with Gasteiger partial charge in [-0.15, -0.1) is 0 Å². The number of ether oxygens (including phenoxy) is 1. The minimum absolute atomic E-state index is 0.187. The Bertz CT molecular complexity index is 463. The van der Waals surface area contributed by atoms with Crippen molar-refractivity contribution in [2.24, 2.45) is 0 Å². The number of carbonyl (C=O) groups excluding carboxylic acids is 1. The van der Waals surface area contributed by atoms with E-state index in [2.05, 4.69) is 17.2 Å². The summed E-state index contributed by atoms with van der Waals surface area (Å²) in [6.07, 6.45) is -0.504. The molecule has 0 spiro atoms. The zero-order chi connectivity index (χ0) is 13.6. The van der Waals surface area contributed by atoms with Crippen LogP contribution in [0.1, 0.15) is 26.3 Å². The minimum atomic E-state index is -0.519. The Labute approximate surface area is 106 Å². The lowest BCUT2D eigenvalue weighted by atomic mass is 10.2. The molecule has 1 amide bonds. The summed E-state index contributed by atoms with van der Waals surface area (Å²) in [7, 11) is 0. The van der Waals surface area contributed by atoms with Crippen molar-refractivity contribution in [2.45, 2.75) is 26.4 Å². The second kappa shape index (κ2) is 6.06. The first kappa shape index (κ1) is 14.0. The molecule has 18 heavy (non-hydrogen) atoms. The van der Waals surface area contributed by atoms with Crippen molar-refractivity contribution in [1.29, 1.82) is 0 Å². The molecule has 0 saturated heterocycles. The molecule has 0 heterocycles. The molecule has 0 aliphatic carbocycles. The zero-order valence-corrected chi connectivity index (χ0v) is 10.7. The Kier molecular flexibility index (Phi) is 4.73. The highest BCUT2D eigenvalue weighted by Crippen LogP contribution is 2.06. The molecule has 0 aliphatic rings. The van der Waals surface area contributed by atoms with E-state index in [0.29, 0.717) is 5.56 Å². The number of hydrogen-bond acceptors (Lipinski definition) is 2. The predicted molar refractivity (Wildman–Crippen MR) is 67.5 cm³/mol. The highest BCUT2D eigenvalue weighted by Gasteiger charge is 2.14.